The predicted molar refractivity (Wildman–Crippen MR) is 120 cm³/mol. The maximum absolute atomic E-state index is 12.9. The van der Waals surface area contributed by atoms with E-state index in [1.54, 1.807) is 18.3 Å². The first-order chi connectivity index (χ1) is 14.6. The van der Waals surface area contributed by atoms with Gasteiger partial charge in [0.15, 0.2) is 0 Å². The van der Waals surface area contributed by atoms with Gasteiger partial charge >= 0.3 is 0 Å². The third-order valence-electron chi connectivity index (χ3n) is 6.41. The largest absolute Gasteiger partial charge is 0.388 e. The Morgan fingerprint density at radius 1 is 0.967 bits per heavy atom. The van der Waals surface area contributed by atoms with Crippen molar-refractivity contribution < 1.29 is 9.90 Å². The van der Waals surface area contributed by atoms with Crippen molar-refractivity contribution in [3.63, 3.8) is 0 Å². The van der Waals surface area contributed by atoms with Gasteiger partial charge in [0.25, 0.3) is 5.91 Å². The van der Waals surface area contributed by atoms with Crippen LogP contribution in [0.25, 0.3) is 0 Å². The van der Waals surface area contributed by atoms with E-state index in [0.717, 1.165) is 37.3 Å². The normalized spacial score (nSPS) is 19.4. The number of halogens is 1. The minimum atomic E-state index is -0.519. The van der Waals surface area contributed by atoms with Crippen molar-refractivity contribution in [3.05, 3.63) is 58.7 Å². The lowest BCUT2D eigenvalue weighted by molar-refractivity contribution is 0.0462. The molecule has 1 aromatic carbocycles. The number of hydrogen-bond acceptors (Lipinski definition) is 4. The van der Waals surface area contributed by atoms with Gasteiger partial charge in [0.2, 0.25) is 0 Å². The number of aliphatic hydroxyl groups excluding tert-OH is 1. The molecule has 0 aliphatic carbocycles. The van der Waals surface area contributed by atoms with Gasteiger partial charge in [0.05, 0.1) is 11.7 Å². The van der Waals surface area contributed by atoms with Crippen molar-refractivity contribution in [1.29, 1.82) is 0 Å². The Morgan fingerprint density at radius 2 is 1.63 bits per heavy atom. The number of nitrogens with zero attached hydrogens (tertiary/aromatic N) is 3. The molecule has 2 aliphatic rings. The van der Waals surface area contributed by atoms with Crippen LogP contribution >= 0.6 is 11.6 Å². The standard InChI is InChI=1S/C24H30ClN3O2/c25-21-8-5-18(6-9-21)23(29)19-11-15-28(16-12-19)24(30)20-7-10-22(26-17-20)27-13-3-1-2-4-14-27/h5-10,17,19,23,29H,1-4,11-16H2/t23-/m1/s1. The molecule has 1 amide bonds. The number of anilines is 1. The van der Waals surface area contributed by atoms with E-state index in [4.69, 9.17) is 11.6 Å². The number of aliphatic hydroxyl groups is 1. The summed E-state index contributed by atoms with van der Waals surface area (Å²) in [6.45, 7) is 3.40. The Kier molecular flexibility index (Phi) is 6.90. The second-order valence-corrected chi connectivity index (χ2v) is 8.87. The van der Waals surface area contributed by atoms with E-state index in [9.17, 15) is 9.90 Å². The summed E-state index contributed by atoms with van der Waals surface area (Å²) in [7, 11) is 0. The van der Waals surface area contributed by atoms with E-state index < -0.39 is 6.10 Å². The Hall–Kier alpha value is -2.11. The first-order valence-corrected chi connectivity index (χ1v) is 11.4. The van der Waals surface area contributed by atoms with Gasteiger partial charge in [-0.15, -0.1) is 0 Å². The molecule has 3 heterocycles. The maximum atomic E-state index is 12.9. The van der Waals surface area contributed by atoms with E-state index in [-0.39, 0.29) is 11.8 Å². The third-order valence-corrected chi connectivity index (χ3v) is 6.66. The lowest BCUT2D eigenvalue weighted by Gasteiger charge is -2.34. The average Bonchev–Trinajstić information content (AvgIpc) is 3.09. The van der Waals surface area contributed by atoms with Crippen molar-refractivity contribution >= 4 is 23.3 Å². The number of carbonyl (C=O) groups is 1. The van der Waals surface area contributed by atoms with Gasteiger partial charge < -0.3 is 14.9 Å². The first-order valence-electron chi connectivity index (χ1n) is 11.1. The fraction of sp³-hybridized carbons (Fsp3) is 0.500. The van der Waals surface area contributed by atoms with Crippen molar-refractivity contribution in [2.75, 3.05) is 31.1 Å². The summed E-state index contributed by atoms with van der Waals surface area (Å²) in [5.41, 5.74) is 1.53. The van der Waals surface area contributed by atoms with Crippen molar-refractivity contribution in [2.24, 2.45) is 5.92 Å². The monoisotopic (exact) mass is 427 g/mol. The van der Waals surface area contributed by atoms with Crippen molar-refractivity contribution in [2.45, 2.75) is 44.6 Å². The minimum absolute atomic E-state index is 0.0318. The van der Waals surface area contributed by atoms with Crippen LogP contribution in [0, 0.1) is 5.92 Å². The van der Waals surface area contributed by atoms with E-state index in [2.05, 4.69) is 9.88 Å². The Bertz CT molecular complexity index is 825. The van der Waals surface area contributed by atoms with Crippen LogP contribution in [0.1, 0.15) is 60.6 Å². The Morgan fingerprint density at radius 3 is 2.23 bits per heavy atom. The molecule has 5 nitrogen and oxygen atoms in total. The van der Waals surface area contributed by atoms with Gasteiger partial charge in [-0.05, 0) is 61.4 Å². The quantitative estimate of drug-likeness (QED) is 0.768. The van der Waals surface area contributed by atoms with Crippen molar-refractivity contribution in [1.82, 2.24) is 9.88 Å². The topological polar surface area (TPSA) is 56.7 Å². The summed E-state index contributed by atoms with van der Waals surface area (Å²) in [5.74, 6) is 1.15. The van der Waals surface area contributed by atoms with Crippen LogP contribution in [0.15, 0.2) is 42.6 Å². The molecule has 4 rings (SSSR count). The van der Waals surface area contributed by atoms with Crippen LogP contribution in [0.5, 0.6) is 0 Å². The molecule has 2 aromatic rings. The summed E-state index contributed by atoms with van der Waals surface area (Å²) in [4.78, 5) is 21.7. The molecule has 0 radical (unpaired) electrons. The van der Waals surface area contributed by atoms with Gasteiger partial charge in [-0.3, -0.25) is 4.79 Å². The van der Waals surface area contributed by atoms with Crippen molar-refractivity contribution in [3.8, 4) is 0 Å². The molecule has 2 aliphatic heterocycles. The van der Waals surface area contributed by atoms with E-state index in [1.807, 2.05) is 29.2 Å². The fourth-order valence-electron chi connectivity index (χ4n) is 4.53. The number of carbonyl (C=O) groups excluding carboxylic acids is 1. The number of hydrogen-bond donors (Lipinski definition) is 1. The highest BCUT2D eigenvalue weighted by Crippen LogP contribution is 2.31. The number of piperidine rings is 1. The minimum Gasteiger partial charge on any atom is -0.388 e. The van der Waals surface area contributed by atoms with E-state index in [1.165, 1.54) is 25.7 Å². The number of pyridine rings is 1. The highest BCUT2D eigenvalue weighted by Gasteiger charge is 2.29. The number of likely N-dealkylation sites (tertiary alicyclic amines) is 1. The number of rotatable bonds is 4. The smallest absolute Gasteiger partial charge is 0.255 e. The van der Waals surface area contributed by atoms with Gasteiger partial charge in [-0.25, -0.2) is 4.98 Å². The summed E-state index contributed by atoms with van der Waals surface area (Å²) < 4.78 is 0. The number of amides is 1. The molecule has 1 atom stereocenters. The van der Waals surface area contributed by atoms with Gasteiger partial charge in [0.1, 0.15) is 5.82 Å². The molecule has 30 heavy (non-hydrogen) atoms. The summed E-state index contributed by atoms with van der Waals surface area (Å²) in [6, 6.07) is 11.3. The van der Waals surface area contributed by atoms with Gasteiger partial charge in [-0.2, -0.15) is 0 Å². The van der Waals surface area contributed by atoms with Gasteiger partial charge in [0, 0.05) is 37.4 Å². The zero-order valence-corrected chi connectivity index (χ0v) is 18.1. The first kappa shape index (κ1) is 21.1. The molecule has 2 fully saturated rings. The molecular formula is C24H30ClN3O2. The van der Waals surface area contributed by atoms with Crippen LogP contribution in [0.3, 0.4) is 0 Å². The van der Waals surface area contributed by atoms with Crippen LogP contribution in [0.4, 0.5) is 5.82 Å². The molecule has 6 heteroatoms. The molecule has 0 bridgehead atoms. The van der Waals surface area contributed by atoms with Crippen LogP contribution < -0.4 is 4.90 Å². The van der Waals surface area contributed by atoms with Crippen LogP contribution in [-0.4, -0.2) is 47.1 Å². The fourth-order valence-corrected chi connectivity index (χ4v) is 4.66. The predicted octanol–water partition coefficient (Wildman–Crippen LogP) is 4.70. The van der Waals surface area contributed by atoms with Crippen LogP contribution in [0.2, 0.25) is 5.02 Å². The third kappa shape index (κ3) is 4.96. The molecule has 0 unspecified atom stereocenters. The number of aromatic nitrogens is 1. The summed E-state index contributed by atoms with van der Waals surface area (Å²) in [5, 5.41) is 11.4. The summed E-state index contributed by atoms with van der Waals surface area (Å²) in [6.07, 6.45) is 7.76. The van der Waals surface area contributed by atoms with Crippen LogP contribution in [-0.2, 0) is 0 Å². The van der Waals surface area contributed by atoms with E-state index >= 15 is 0 Å². The maximum Gasteiger partial charge on any atom is 0.255 e. The molecule has 0 saturated carbocycles. The SMILES string of the molecule is O=C(c1ccc(N2CCCCCC2)nc1)N1CCC([C@H](O)c2ccc(Cl)cc2)CC1. The molecule has 0 spiro atoms. The molecule has 160 valence electrons. The lowest BCUT2D eigenvalue weighted by atomic mass is 9.87. The molecule has 2 saturated heterocycles. The second kappa shape index (κ2) is 9.80. The Balaban J connectivity index is 1.33. The average molecular weight is 428 g/mol. The molecule has 1 aromatic heterocycles. The summed E-state index contributed by atoms with van der Waals surface area (Å²) >= 11 is 5.94. The highest BCUT2D eigenvalue weighted by atomic mass is 35.5. The van der Waals surface area contributed by atoms with Gasteiger partial charge in [-0.1, -0.05) is 36.6 Å². The Labute approximate surface area is 183 Å². The van der Waals surface area contributed by atoms with E-state index in [0.29, 0.717) is 23.7 Å². The molecular weight excluding hydrogens is 398 g/mol. The second-order valence-electron chi connectivity index (χ2n) is 8.43. The lowest BCUT2D eigenvalue weighted by Crippen LogP contribution is -2.39. The zero-order valence-electron chi connectivity index (χ0n) is 17.3. The highest BCUT2D eigenvalue weighted by molar-refractivity contribution is 6.30. The zero-order chi connectivity index (χ0) is 20.9. The number of benzene rings is 1. The molecule has 1 N–H and O–H groups in total.